The summed E-state index contributed by atoms with van der Waals surface area (Å²) in [6.45, 7) is 11.1. The van der Waals surface area contributed by atoms with E-state index in [0.717, 1.165) is 5.57 Å². The van der Waals surface area contributed by atoms with Gasteiger partial charge in [0.05, 0.1) is 12.5 Å². The Morgan fingerprint density at radius 2 is 2.04 bits per heavy atom. The van der Waals surface area contributed by atoms with Crippen molar-refractivity contribution in [3.05, 3.63) is 36.0 Å². The molecular weight excluding hydrogens is 336 g/mol. The van der Waals surface area contributed by atoms with Crippen molar-refractivity contribution in [1.82, 2.24) is 0 Å². The van der Waals surface area contributed by atoms with E-state index >= 15 is 0 Å². The van der Waals surface area contributed by atoms with Crippen LogP contribution in [0, 0.1) is 23.7 Å². The normalized spacial score (nSPS) is 37.1. The molecule has 1 aliphatic heterocycles. The number of carbonyl (C=O) groups is 3. The molecule has 140 valence electrons. The van der Waals surface area contributed by atoms with Gasteiger partial charge in [-0.1, -0.05) is 25.7 Å². The summed E-state index contributed by atoms with van der Waals surface area (Å²) >= 11 is 0. The van der Waals surface area contributed by atoms with Gasteiger partial charge in [0.1, 0.15) is 18.0 Å². The molecule has 3 rings (SSSR count). The van der Waals surface area contributed by atoms with Crippen LogP contribution in [0.1, 0.15) is 26.7 Å². The standard InChI is InChI=1S/C20H24O6/c1-9(5-6-21)19(23)25-15-7-10(2)13-8-14(22)11(3)16(13)18-17(15)12(4)20(24)26-18/h5,11,13,15-18,21H,2,4,6-8H2,1,3H3. The Bertz CT molecular complexity index is 718. The Morgan fingerprint density at radius 1 is 1.35 bits per heavy atom. The van der Waals surface area contributed by atoms with E-state index in [1.54, 1.807) is 6.92 Å². The van der Waals surface area contributed by atoms with Gasteiger partial charge in [0.25, 0.3) is 0 Å². The second-order valence-electron chi connectivity index (χ2n) is 7.44. The van der Waals surface area contributed by atoms with Crippen LogP contribution >= 0.6 is 0 Å². The summed E-state index contributed by atoms with van der Waals surface area (Å²) in [5, 5.41) is 8.96. The predicted molar refractivity (Wildman–Crippen MR) is 92.8 cm³/mol. The minimum atomic E-state index is -0.631. The van der Waals surface area contributed by atoms with Crippen molar-refractivity contribution in [3.63, 3.8) is 0 Å². The second kappa shape index (κ2) is 6.83. The van der Waals surface area contributed by atoms with Crippen LogP contribution in [0.5, 0.6) is 0 Å². The SMILES string of the molecule is C=C1CC(OC(=O)C(C)=CCO)C2C(=C)C(=O)OC2C2C(C)C(=O)CC12. The van der Waals surface area contributed by atoms with Gasteiger partial charge in [0, 0.05) is 35.8 Å². The average Bonchev–Trinajstić information content (AvgIpc) is 3.00. The topological polar surface area (TPSA) is 89.9 Å². The van der Waals surface area contributed by atoms with E-state index in [0.29, 0.717) is 18.4 Å². The van der Waals surface area contributed by atoms with Gasteiger partial charge in [-0.3, -0.25) is 4.79 Å². The van der Waals surface area contributed by atoms with Crippen LogP contribution < -0.4 is 0 Å². The molecule has 2 aliphatic carbocycles. The molecule has 1 N–H and O–H groups in total. The minimum absolute atomic E-state index is 0.0820. The third kappa shape index (κ3) is 2.92. The lowest BCUT2D eigenvalue weighted by Crippen LogP contribution is -2.37. The van der Waals surface area contributed by atoms with Crippen molar-refractivity contribution in [1.29, 1.82) is 0 Å². The number of carbonyl (C=O) groups excluding carboxylic acids is 3. The zero-order chi connectivity index (χ0) is 19.2. The number of aliphatic hydroxyl groups is 1. The molecule has 0 aromatic rings. The lowest BCUT2D eigenvalue weighted by Gasteiger charge is -2.29. The molecule has 0 spiro atoms. The Morgan fingerprint density at radius 3 is 2.69 bits per heavy atom. The van der Waals surface area contributed by atoms with Crippen molar-refractivity contribution in [2.75, 3.05) is 6.61 Å². The van der Waals surface area contributed by atoms with Crippen LogP contribution in [-0.2, 0) is 23.9 Å². The summed E-state index contributed by atoms with van der Waals surface area (Å²) in [6.07, 6.45) is 0.930. The summed E-state index contributed by atoms with van der Waals surface area (Å²) in [6, 6.07) is 0. The number of ether oxygens (including phenoxy) is 2. The third-order valence-electron chi connectivity index (χ3n) is 5.98. The molecular formula is C20H24O6. The summed E-state index contributed by atoms with van der Waals surface area (Å²) < 4.78 is 11.2. The molecule has 26 heavy (non-hydrogen) atoms. The summed E-state index contributed by atoms with van der Waals surface area (Å²) in [5.41, 5.74) is 1.41. The molecule has 6 unspecified atom stereocenters. The molecule has 3 aliphatic rings. The fourth-order valence-corrected chi connectivity index (χ4v) is 4.50. The number of rotatable bonds is 3. The summed E-state index contributed by atoms with van der Waals surface area (Å²) in [5.74, 6) is -1.89. The number of hydrogen-bond donors (Lipinski definition) is 1. The van der Waals surface area contributed by atoms with Gasteiger partial charge >= 0.3 is 11.9 Å². The number of aliphatic hydroxyl groups excluding tert-OH is 1. The summed E-state index contributed by atoms with van der Waals surface area (Å²) in [7, 11) is 0. The quantitative estimate of drug-likeness (QED) is 0.468. The first kappa shape index (κ1) is 18.6. The average molecular weight is 360 g/mol. The van der Waals surface area contributed by atoms with Crippen molar-refractivity contribution >= 4 is 17.7 Å². The maximum atomic E-state index is 12.3. The van der Waals surface area contributed by atoms with Crippen LogP contribution in [-0.4, -0.2) is 41.6 Å². The molecule has 6 atom stereocenters. The van der Waals surface area contributed by atoms with E-state index in [2.05, 4.69) is 13.2 Å². The van der Waals surface area contributed by atoms with E-state index in [9.17, 15) is 14.4 Å². The fourth-order valence-electron chi connectivity index (χ4n) is 4.50. The highest BCUT2D eigenvalue weighted by molar-refractivity contribution is 5.92. The van der Waals surface area contributed by atoms with Gasteiger partial charge in [-0.15, -0.1) is 0 Å². The van der Waals surface area contributed by atoms with Gasteiger partial charge in [-0.2, -0.15) is 0 Å². The molecule has 2 saturated carbocycles. The molecule has 0 bridgehead atoms. The maximum absolute atomic E-state index is 12.3. The monoisotopic (exact) mass is 360 g/mol. The van der Waals surface area contributed by atoms with Crippen molar-refractivity contribution in [3.8, 4) is 0 Å². The Kier molecular flexibility index (Phi) is 4.88. The fraction of sp³-hybridized carbons (Fsp3) is 0.550. The Labute approximate surface area is 152 Å². The van der Waals surface area contributed by atoms with Crippen LogP contribution in [0.25, 0.3) is 0 Å². The van der Waals surface area contributed by atoms with Crippen molar-refractivity contribution in [2.24, 2.45) is 23.7 Å². The van der Waals surface area contributed by atoms with Gasteiger partial charge in [0.15, 0.2) is 0 Å². The Hall–Kier alpha value is -2.21. The highest BCUT2D eigenvalue weighted by Gasteiger charge is 2.57. The van der Waals surface area contributed by atoms with E-state index in [-0.39, 0.29) is 35.7 Å². The zero-order valence-corrected chi connectivity index (χ0v) is 15.1. The number of hydrogen-bond acceptors (Lipinski definition) is 6. The van der Waals surface area contributed by atoms with Crippen molar-refractivity contribution < 1.29 is 29.0 Å². The lowest BCUT2D eigenvalue weighted by molar-refractivity contribution is -0.149. The number of fused-ring (bicyclic) bond motifs is 3. The molecule has 0 aromatic heterocycles. The van der Waals surface area contributed by atoms with Crippen molar-refractivity contribution in [2.45, 2.75) is 38.9 Å². The van der Waals surface area contributed by atoms with Crippen LogP contribution in [0.3, 0.4) is 0 Å². The molecule has 3 fully saturated rings. The van der Waals surface area contributed by atoms with Gasteiger partial charge in [0.2, 0.25) is 0 Å². The maximum Gasteiger partial charge on any atom is 0.334 e. The zero-order valence-electron chi connectivity index (χ0n) is 15.1. The summed E-state index contributed by atoms with van der Waals surface area (Å²) in [4.78, 5) is 36.7. The first-order chi connectivity index (χ1) is 12.3. The minimum Gasteiger partial charge on any atom is -0.458 e. The highest BCUT2D eigenvalue weighted by atomic mass is 16.6. The second-order valence-corrected chi connectivity index (χ2v) is 7.44. The first-order valence-electron chi connectivity index (χ1n) is 8.85. The molecule has 0 aromatic carbocycles. The molecule has 1 heterocycles. The van der Waals surface area contributed by atoms with Gasteiger partial charge in [-0.05, 0) is 18.9 Å². The number of Topliss-reactive ketones (excluding diaryl/α,β-unsaturated/α-hetero) is 1. The van der Waals surface area contributed by atoms with Crippen LogP contribution in [0.15, 0.2) is 36.0 Å². The van der Waals surface area contributed by atoms with E-state index in [1.807, 2.05) is 6.92 Å². The van der Waals surface area contributed by atoms with Crippen LogP contribution in [0.2, 0.25) is 0 Å². The Balaban J connectivity index is 1.95. The third-order valence-corrected chi connectivity index (χ3v) is 5.98. The molecule has 6 nitrogen and oxygen atoms in total. The van der Waals surface area contributed by atoms with Gasteiger partial charge in [-0.25, -0.2) is 9.59 Å². The largest absolute Gasteiger partial charge is 0.458 e. The predicted octanol–water partition coefficient (Wildman–Crippen LogP) is 1.74. The molecule has 6 heteroatoms. The molecule has 1 saturated heterocycles. The highest BCUT2D eigenvalue weighted by Crippen LogP contribution is 2.52. The number of esters is 2. The molecule has 0 amide bonds. The molecule has 0 radical (unpaired) electrons. The van der Waals surface area contributed by atoms with E-state index in [4.69, 9.17) is 14.6 Å². The van der Waals surface area contributed by atoms with E-state index in [1.165, 1.54) is 6.08 Å². The van der Waals surface area contributed by atoms with Gasteiger partial charge < -0.3 is 14.6 Å². The lowest BCUT2D eigenvalue weighted by atomic mass is 9.79. The number of ketones is 1. The van der Waals surface area contributed by atoms with Crippen LogP contribution in [0.4, 0.5) is 0 Å². The smallest absolute Gasteiger partial charge is 0.334 e. The first-order valence-corrected chi connectivity index (χ1v) is 8.85. The van der Waals surface area contributed by atoms with E-state index < -0.39 is 30.1 Å².